The van der Waals surface area contributed by atoms with E-state index < -0.39 is 0 Å². The van der Waals surface area contributed by atoms with Crippen LogP contribution >= 0.6 is 0 Å². The van der Waals surface area contributed by atoms with Gasteiger partial charge < -0.3 is 0 Å². The van der Waals surface area contributed by atoms with Gasteiger partial charge in [0.05, 0.1) is 11.2 Å². The minimum atomic E-state index is 0.629. The first-order valence-corrected chi connectivity index (χ1v) is 20.2. The molecule has 2 heterocycles. The summed E-state index contributed by atoms with van der Waals surface area (Å²) in [5.41, 5.74) is 12.6. The zero-order valence-corrected chi connectivity index (χ0v) is 32.6. The number of hydrogen-bond donors (Lipinski definition) is 0. The van der Waals surface area contributed by atoms with E-state index in [4.69, 9.17) is 19.9 Å². The maximum atomic E-state index is 5.20. The van der Waals surface area contributed by atoms with Crippen molar-refractivity contribution in [2.24, 2.45) is 0 Å². The zero-order valence-electron chi connectivity index (χ0n) is 32.6. The van der Waals surface area contributed by atoms with Crippen molar-refractivity contribution in [1.82, 2.24) is 19.9 Å². The topological polar surface area (TPSA) is 51.6 Å². The zero-order chi connectivity index (χ0) is 39.8. The average molecular weight is 765 g/mol. The van der Waals surface area contributed by atoms with Crippen LogP contribution in [0.25, 0.3) is 111 Å². The maximum absolute atomic E-state index is 5.20. The van der Waals surface area contributed by atoms with Crippen LogP contribution in [0.5, 0.6) is 0 Å². The van der Waals surface area contributed by atoms with Gasteiger partial charge in [-0.25, -0.2) is 19.9 Å². The quantitative estimate of drug-likeness (QED) is 0.152. The summed E-state index contributed by atoms with van der Waals surface area (Å²) in [5, 5.41) is 5.73. The van der Waals surface area contributed by atoms with Crippen molar-refractivity contribution >= 4 is 32.4 Å². The molecule has 0 aliphatic heterocycles. The van der Waals surface area contributed by atoms with Crippen LogP contribution in [-0.4, -0.2) is 19.9 Å². The molecule has 280 valence electrons. The molecule has 0 N–H and O–H groups in total. The van der Waals surface area contributed by atoms with E-state index in [1.54, 1.807) is 0 Å². The highest BCUT2D eigenvalue weighted by atomic mass is 15.0. The van der Waals surface area contributed by atoms with Crippen molar-refractivity contribution in [2.45, 2.75) is 0 Å². The third kappa shape index (κ3) is 6.47. The Balaban J connectivity index is 1.07. The lowest BCUT2D eigenvalue weighted by atomic mass is 9.90. The molecule has 0 bridgehead atoms. The van der Waals surface area contributed by atoms with Crippen LogP contribution in [-0.2, 0) is 0 Å². The molecule has 11 aromatic rings. The largest absolute Gasteiger partial charge is 0.248 e. The van der Waals surface area contributed by atoms with Gasteiger partial charge in [-0.1, -0.05) is 188 Å². The molecule has 0 aliphatic rings. The highest BCUT2D eigenvalue weighted by Gasteiger charge is 2.18. The van der Waals surface area contributed by atoms with Gasteiger partial charge in [0.25, 0.3) is 0 Å². The van der Waals surface area contributed by atoms with Gasteiger partial charge in [0.2, 0.25) is 0 Å². The van der Waals surface area contributed by atoms with Gasteiger partial charge in [-0.3, -0.25) is 0 Å². The lowest BCUT2D eigenvalue weighted by Gasteiger charge is -2.15. The fourth-order valence-electron chi connectivity index (χ4n) is 8.40. The molecule has 0 aliphatic carbocycles. The molecule has 0 spiro atoms. The normalized spacial score (nSPS) is 11.3. The minimum absolute atomic E-state index is 0.629. The predicted octanol–water partition coefficient (Wildman–Crippen LogP) is 14.4. The minimum Gasteiger partial charge on any atom is -0.248 e. The standard InChI is InChI=1S/C56H36N4/c1-4-16-37(17-5-1)41-23-14-26-44(34-41)55-58-54(40-21-8-3-9-22-40)59-56(60-55)49-32-31-45(47-28-12-13-29-48(47)49)42-24-15-25-43(35-42)50-36-52(39-19-6-2-7-20-39)57-51-33-30-38-18-10-11-27-46(38)53(50)51/h1-36H. The van der Waals surface area contributed by atoms with Crippen LogP contribution in [0, 0.1) is 0 Å². The van der Waals surface area contributed by atoms with E-state index in [9.17, 15) is 0 Å². The molecule has 4 heteroatoms. The van der Waals surface area contributed by atoms with Crippen LogP contribution in [0.3, 0.4) is 0 Å². The molecule has 0 saturated carbocycles. The Bertz CT molecular complexity index is 3360. The highest BCUT2D eigenvalue weighted by Crippen LogP contribution is 2.40. The molecule has 0 saturated heterocycles. The summed E-state index contributed by atoms with van der Waals surface area (Å²) < 4.78 is 0. The Morgan fingerprint density at radius 2 is 0.750 bits per heavy atom. The first-order valence-electron chi connectivity index (χ1n) is 20.2. The van der Waals surface area contributed by atoms with E-state index in [0.29, 0.717) is 17.5 Å². The molecule has 2 aromatic heterocycles. The van der Waals surface area contributed by atoms with Gasteiger partial charge in [0, 0.05) is 27.6 Å². The lowest BCUT2D eigenvalue weighted by molar-refractivity contribution is 1.08. The molecule has 0 atom stereocenters. The Kier molecular flexibility index (Phi) is 8.79. The molecule has 9 aromatic carbocycles. The number of benzene rings is 9. The fraction of sp³-hybridized carbons (Fsp3) is 0. The number of fused-ring (bicyclic) bond motifs is 4. The lowest BCUT2D eigenvalue weighted by Crippen LogP contribution is -2.01. The number of pyridine rings is 1. The molecule has 4 nitrogen and oxygen atoms in total. The van der Waals surface area contributed by atoms with Gasteiger partial charge in [0.15, 0.2) is 17.5 Å². The number of rotatable bonds is 7. The number of nitrogens with zero attached hydrogens (tertiary/aromatic N) is 4. The van der Waals surface area contributed by atoms with E-state index in [-0.39, 0.29) is 0 Å². The van der Waals surface area contributed by atoms with Crippen LogP contribution in [0.15, 0.2) is 218 Å². The van der Waals surface area contributed by atoms with E-state index in [1.807, 2.05) is 30.3 Å². The second-order valence-electron chi connectivity index (χ2n) is 15.0. The Labute approximate surface area is 348 Å². The van der Waals surface area contributed by atoms with E-state index in [2.05, 4.69) is 188 Å². The van der Waals surface area contributed by atoms with Crippen LogP contribution in [0.4, 0.5) is 0 Å². The van der Waals surface area contributed by atoms with Crippen LogP contribution < -0.4 is 0 Å². The van der Waals surface area contributed by atoms with Crippen molar-refractivity contribution in [3.8, 4) is 78.8 Å². The molecule has 0 fully saturated rings. The number of aromatic nitrogens is 4. The highest BCUT2D eigenvalue weighted by molar-refractivity contribution is 6.14. The van der Waals surface area contributed by atoms with Gasteiger partial charge >= 0.3 is 0 Å². The van der Waals surface area contributed by atoms with Crippen molar-refractivity contribution in [3.05, 3.63) is 218 Å². The molecule has 0 amide bonds. The Morgan fingerprint density at radius 3 is 1.48 bits per heavy atom. The second-order valence-corrected chi connectivity index (χ2v) is 15.0. The second kappa shape index (κ2) is 15.0. The molecular formula is C56H36N4. The van der Waals surface area contributed by atoms with E-state index in [1.165, 1.54) is 10.8 Å². The number of hydrogen-bond acceptors (Lipinski definition) is 4. The first-order chi connectivity index (χ1) is 29.7. The maximum Gasteiger partial charge on any atom is 0.164 e. The molecule has 60 heavy (non-hydrogen) atoms. The predicted molar refractivity (Wildman–Crippen MR) is 248 cm³/mol. The summed E-state index contributed by atoms with van der Waals surface area (Å²) >= 11 is 0. The SMILES string of the molecule is c1ccc(-c2cccc(-c3nc(-c4ccccc4)nc(-c4ccc(-c5cccc(-c6cc(-c7ccccc7)nc7ccc8ccccc8c67)c5)c5ccccc45)n3)c2)cc1. The average Bonchev–Trinajstić information content (AvgIpc) is 3.34. The first kappa shape index (κ1) is 35.1. The summed E-state index contributed by atoms with van der Waals surface area (Å²) in [4.78, 5) is 20.6. The molecule has 0 radical (unpaired) electrons. The van der Waals surface area contributed by atoms with Gasteiger partial charge in [-0.15, -0.1) is 0 Å². The molecule has 0 unspecified atom stereocenters. The van der Waals surface area contributed by atoms with E-state index in [0.717, 1.165) is 83.0 Å². The van der Waals surface area contributed by atoms with Gasteiger partial charge in [-0.2, -0.15) is 0 Å². The molecule has 11 rings (SSSR count). The summed E-state index contributed by atoms with van der Waals surface area (Å²) in [5.74, 6) is 1.89. The van der Waals surface area contributed by atoms with Crippen molar-refractivity contribution in [3.63, 3.8) is 0 Å². The smallest absolute Gasteiger partial charge is 0.164 e. The molecular weight excluding hydrogens is 729 g/mol. The van der Waals surface area contributed by atoms with Crippen LogP contribution in [0.2, 0.25) is 0 Å². The van der Waals surface area contributed by atoms with Crippen molar-refractivity contribution in [1.29, 1.82) is 0 Å². The fourth-order valence-corrected chi connectivity index (χ4v) is 8.40. The summed E-state index contributed by atoms with van der Waals surface area (Å²) in [6.07, 6.45) is 0. The Morgan fingerprint density at radius 1 is 0.250 bits per heavy atom. The third-order valence-electron chi connectivity index (χ3n) is 11.3. The summed E-state index contributed by atoms with van der Waals surface area (Å²) in [6, 6.07) is 76.5. The monoisotopic (exact) mass is 764 g/mol. The van der Waals surface area contributed by atoms with Crippen molar-refractivity contribution < 1.29 is 0 Å². The Hall–Kier alpha value is -8.08. The van der Waals surface area contributed by atoms with Gasteiger partial charge in [0.1, 0.15) is 0 Å². The summed E-state index contributed by atoms with van der Waals surface area (Å²) in [7, 11) is 0. The van der Waals surface area contributed by atoms with E-state index >= 15 is 0 Å². The summed E-state index contributed by atoms with van der Waals surface area (Å²) in [6.45, 7) is 0. The van der Waals surface area contributed by atoms with Gasteiger partial charge in [-0.05, 0) is 85.3 Å². The van der Waals surface area contributed by atoms with Crippen molar-refractivity contribution in [2.75, 3.05) is 0 Å². The third-order valence-corrected chi connectivity index (χ3v) is 11.3. The van der Waals surface area contributed by atoms with Crippen LogP contribution in [0.1, 0.15) is 0 Å².